The van der Waals surface area contributed by atoms with E-state index in [0.29, 0.717) is 6.07 Å². The topological polar surface area (TPSA) is 55.4 Å². The summed E-state index contributed by atoms with van der Waals surface area (Å²) in [6.45, 7) is 1.63. The average molecular weight is 364 g/mol. The Kier molecular flexibility index (Phi) is 5.59. The Balaban J connectivity index is 2.40. The lowest BCUT2D eigenvalue weighted by molar-refractivity contribution is -0.138. The van der Waals surface area contributed by atoms with Crippen LogP contribution >= 0.6 is 23.2 Å². The van der Waals surface area contributed by atoms with E-state index in [4.69, 9.17) is 27.9 Å². The van der Waals surface area contributed by atoms with Crippen molar-refractivity contribution in [2.24, 2.45) is 0 Å². The van der Waals surface area contributed by atoms with Gasteiger partial charge in [0.05, 0.1) is 16.7 Å². The first-order chi connectivity index (χ1) is 10.9. The second kappa shape index (κ2) is 7.27. The molecule has 124 valence electrons. The second-order valence-corrected chi connectivity index (χ2v) is 5.65. The molecular formula is C15H13Cl2F2NO3. The second-order valence-electron chi connectivity index (χ2n) is 4.90. The molecule has 0 aliphatic heterocycles. The molecule has 0 aromatic heterocycles. The first-order valence-corrected chi connectivity index (χ1v) is 7.63. The number of carbonyl (C=O) groups excluding carboxylic acids is 2. The zero-order valence-corrected chi connectivity index (χ0v) is 13.6. The largest absolute Gasteiger partial charge is 0.462 e. The van der Waals surface area contributed by atoms with Crippen LogP contribution in [-0.2, 0) is 9.53 Å². The number of nitrogens with one attached hydrogen (secondary N) is 1. The summed E-state index contributed by atoms with van der Waals surface area (Å²) < 4.78 is 31.7. The number of carbonyl (C=O) groups is 2. The van der Waals surface area contributed by atoms with Crippen LogP contribution in [0.2, 0.25) is 10.0 Å². The van der Waals surface area contributed by atoms with Gasteiger partial charge in [-0.15, -0.1) is 0 Å². The number of hydrogen-bond acceptors (Lipinski definition) is 4. The van der Waals surface area contributed by atoms with Gasteiger partial charge in [-0.05, 0) is 25.8 Å². The summed E-state index contributed by atoms with van der Waals surface area (Å²) in [7, 11) is 0. The van der Waals surface area contributed by atoms with E-state index in [1.165, 1.54) is 6.20 Å². The summed E-state index contributed by atoms with van der Waals surface area (Å²) in [5.74, 6) is -4.47. The molecular weight excluding hydrogens is 351 g/mol. The maximum atomic E-state index is 13.5. The fourth-order valence-corrected chi connectivity index (χ4v) is 2.18. The van der Waals surface area contributed by atoms with Gasteiger partial charge in [-0.3, -0.25) is 4.79 Å². The van der Waals surface area contributed by atoms with Crippen molar-refractivity contribution in [1.29, 1.82) is 0 Å². The molecule has 1 N–H and O–H groups in total. The molecule has 1 aromatic rings. The van der Waals surface area contributed by atoms with Gasteiger partial charge in [-0.25, -0.2) is 13.6 Å². The van der Waals surface area contributed by atoms with Gasteiger partial charge >= 0.3 is 5.97 Å². The number of halogens is 4. The van der Waals surface area contributed by atoms with E-state index < -0.39 is 39.0 Å². The van der Waals surface area contributed by atoms with E-state index in [0.717, 1.165) is 12.8 Å². The number of ketones is 1. The van der Waals surface area contributed by atoms with Crippen LogP contribution in [0, 0.1) is 11.6 Å². The minimum atomic E-state index is -1.36. The van der Waals surface area contributed by atoms with Crippen molar-refractivity contribution in [3.63, 3.8) is 0 Å². The van der Waals surface area contributed by atoms with Crippen molar-refractivity contribution in [2.45, 2.75) is 25.8 Å². The zero-order chi connectivity index (χ0) is 17.1. The van der Waals surface area contributed by atoms with Crippen molar-refractivity contribution in [2.75, 3.05) is 6.61 Å². The van der Waals surface area contributed by atoms with Crippen LogP contribution in [0.4, 0.5) is 8.78 Å². The van der Waals surface area contributed by atoms with Gasteiger partial charge in [0.1, 0.15) is 5.57 Å². The highest BCUT2D eigenvalue weighted by Crippen LogP contribution is 2.32. The molecule has 0 unspecified atom stereocenters. The van der Waals surface area contributed by atoms with Crippen molar-refractivity contribution in [3.8, 4) is 0 Å². The van der Waals surface area contributed by atoms with Gasteiger partial charge < -0.3 is 10.1 Å². The van der Waals surface area contributed by atoms with Gasteiger partial charge in [-0.2, -0.15) is 0 Å². The van der Waals surface area contributed by atoms with Gasteiger partial charge in [0.25, 0.3) is 0 Å². The molecule has 2 rings (SSSR count). The molecule has 1 fully saturated rings. The molecule has 0 atom stereocenters. The van der Waals surface area contributed by atoms with Crippen LogP contribution in [0.25, 0.3) is 0 Å². The summed E-state index contributed by atoms with van der Waals surface area (Å²) in [6, 6.07) is 0.784. The van der Waals surface area contributed by atoms with Crippen molar-refractivity contribution < 1.29 is 23.1 Å². The lowest BCUT2D eigenvalue weighted by Crippen LogP contribution is -2.21. The predicted octanol–water partition coefficient (Wildman–Crippen LogP) is 3.65. The van der Waals surface area contributed by atoms with Crippen LogP contribution in [0.1, 0.15) is 30.1 Å². The monoisotopic (exact) mass is 363 g/mol. The Morgan fingerprint density at radius 2 is 2.00 bits per heavy atom. The van der Waals surface area contributed by atoms with Crippen LogP contribution in [0.15, 0.2) is 17.8 Å². The first kappa shape index (κ1) is 17.7. The van der Waals surface area contributed by atoms with E-state index in [-0.39, 0.29) is 18.2 Å². The fraction of sp³-hybridized carbons (Fsp3) is 0.333. The van der Waals surface area contributed by atoms with Gasteiger partial charge in [0.2, 0.25) is 5.78 Å². The Morgan fingerprint density at radius 3 is 2.57 bits per heavy atom. The maximum absolute atomic E-state index is 13.5. The van der Waals surface area contributed by atoms with E-state index in [1.807, 2.05) is 0 Å². The Labute approximate surface area is 141 Å². The molecule has 1 aliphatic rings. The molecule has 0 bridgehead atoms. The summed E-state index contributed by atoms with van der Waals surface area (Å²) in [5.41, 5.74) is -0.768. The van der Waals surface area contributed by atoms with Crippen LogP contribution in [0.5, 0.6) is 0 Å². The minimum Gasteiger partial charge on any atom is -0.462 e. The van der Waals surface area contributed by atoms with E-state index in [1.54, 1.807) is 6.92 Å². The minimum absolute atomic E-state index is 0.0547. The van der Waals surface area contributed by atoms with Gasteiger partial charge in [0, 0.05) is 17.8 Å². The molecule has 0 spiro atoms. The molecule has 4 nitrogen and oxygen atoms in total. The number of Topliss-reactive ketones (excluding diaryl/α,β-unsaturated/α-hetero) is 1. The molecule has 0 saturated heterocycles. The molecule has 1 aliphatic carbocycles. The van der Waals surface area contributed by atoms with Crippen LogP contribution in [-0.4, -0.2) is 24.4 Å². The normalized spacial score (nSPS) is 14.6. The number of esters is 1. The molecule has 8 heteroatoms. The molecule has 0 amide bonds. The van der Waals surface area contributed by atoms with E-state index in [2.05, 4.69) is 5.32 Å². The quantitative estimate of drug-likeness (QED) is 0.159. The third-order valence-corrected chi connectivity index (χ3v) is 3.97. The summed E-state index contributed by atoms with van der Waals surface area (Å²) in [4.78, 5) is 24.4. The summed E-state index contributed by atoms with van der Waals surface area (Å²) >= 11 is 11.4. The average Bonchev–Trinajstić information content (AvgIpc) is 3.33. The van der Waals surface area contributed by atoms with Crippen molar-refractivity contribution in [3.05, 3.63) is 45.1 Å². The van der Waals surface area contributed by atoms with Gasteiger partial charge in [0.15, 0.2) is 11.6 Å². The third kappa shape index (κ3) is 4.00. The van der Waals surface area contributed by atoms with Crippen molar-refractivity contribution in [1.82, 2.24) is 5.32 Å². The molecule has 0 radical (unpaired) electrons. The van der Waals surface area contributed by atoms with E-state index >= 15 is 0 Å². The number of rotatable bonds is 6. The summed E-state index contributed by atoms with van der Waals surface area (Å²) in [5, 5.41) is 1.70. The highest BCUT2D eigenvalue weighted by Gasteiger charge is 2.28. The highest BCUT2D eigenvalue weighted by atomic mass is 35.5. The summed E-state index contributed by atoms with van der Waals surface area (Å²) in [6.07, 6.45) is 3.04. The maximum Gasteiger partial charge on any atom is 0.343 e. The fourth-order valence-electron chi connectivity index (χ4n) is 1.76. The van der Waals surface area contributed by atoms with Crippen LogP contribution in [0.3, 0.4) is 0 Å². The third-order valence-electron chi connectivity index (χ3n) is 3.13. The lowest BCUT2D eigenvalue weighted by Gasteiger charge is -2.10. The molecule has 0 heterocycles. The van der Waals surface area contributed by atoms with E-state index in [9.17, 15) is 18.4 Å². The number of ether oxygens (including phenoxy) is 1. The number of hydrogen-bond donors (Lipinski definition) is 1. The SMILES string of the molecule is CCOC(=O)C(=CNC1CC1)C(=O)c1cc(F)c(F)c(Cl)c1Cl. The Morgan fingerprint density at radius 1 is 1.35 bits per heavy atom. The standard InChI is InChI=1S/C15H13Cl2F2NO3/c1-2-23-15(22)9(6-20-7-3-4-7)14(21)8-5-10(18)13(19)12(17)11(8)16/h5-7,20H,2-4H2,1H3. The lowest BCUT2D eigenvalue weighted by atomic mass is 10.0. The highest BCUT2D eigenvalue weighted by molar-refractivity contribution is 6.45. The first-order valence-electron chi connectivity index (χ1n) is 6.87. The zero-order valence-electron chi connectivity index (χ0n) is 12.1. The number of benzene rings is 1. The van der Waals surface area contributed by atoms with Gasteiger partial charge in [-0.1, -0.05) is 23.2 Å². The molecule has 1 saturated carbocycles. The predicted molar refractivity (Wildman–Crippen MR) is 81.6 cm³/mol. The molecule has 23 heavy (non-hydrogen) atoms. The van der Waals surface area contributed by atoms with Crippen molar-refractivity contribution >= 4 is 35.0 Å². The Bertz CT molecular complexity index is 688. The molecule has 1 aromatic carbocycles. The Hall–Kier alpha value is -1.66. The van der Waals surface area contributed by atoms with Crippen LogP contribution < -0.4 is 5.32 Å². The smallest absolute Gasteiger partial charge is 0.343 e.